The molecular formula is C22H21N3O5S2. The summed E-state index contributed by atoms with van der Waals surface area (Å²) in [5, 5.41) is 5.34. The first-order chi connectivity index (χ1) is 15.3. The monoisotopic (exact) mass is 471 g/mol. The Balaban J connectivity index is 1.64. The molecule has 0 aliphatic heterocycles. The molecule has 0 unspecified atom stereocenters. The lowest BCUT2D eigenvalue weighted by atomic mass is 10.1. The molecule has 4 aromatic rings. The van der Waals surface area contributed by atoms with Gasteiger partial charge in [-0.1, -0.05) is 0 Å². The molecular weight excluding hydrogens is 450 g/mol. The zero-order valence-corrected chi connectivity index (χ0v) is 19.6. The van der Waals surface area contributed by atoms with Crippen molar-refractivity contribution < 1.29 is 18.7 Å². The van der Waals surface area contributed by atoms with Gasteiger partial charge in [0.1, 0.15) is 33.5 Å². The summed E-state index contributed by atoms with van der Waals surface area (Å²) in [7, 11) is 0. The highest BCUT2D eigenvalue weighted by Gasteiger charge is 2.24. The fraction of sp³-hybridized carbons (Fsp3) is 0.273. The molecule has 4 aromatic heterocycles. The predicted octanol–water partition coefficient (Wildman–Crippen LogP) is 4.52. The van der Waals surface area contributed by atoms with Gasteiger partial charge in [0.15, 0.2) is 0 Å². The highest BCUT2D eigenvalue weighted by Crippen LogP contribution is 2.37. The maximum atomic E-state index is 12.9. The summed E-state index contributed by atoms with van der Waals surface area (Å²) >= 11 is 2.64. The second kappa shape index (κ2) is 8.71. The number of anilines is 1. The van der Waals surface area contributed by atoms with E-state index in [0.29, 0.717) is 32.3 Å². The minimum Gasteiger partial charge on any atom is -0.462 e. The first kappa shape index (κ1) is 22.0. The van der Waals surface area contributed by atoms with Crippen molar-refractivity contribution in [1.82, 2.24) is 9.55 Å². The van der Waals surface area contributed by atoms with E-state index in [9.17, 15) is 14.4 Å². The fourth-order valence-corrected chi connectivity index (χ4v) is 5.26. The number of rotatable bonds is 6. The molecule has 0 atom stereocenters. The molecule has 32 heavy (non-hydrogen) atoms. The van der Waals surface area contributed by atoms with E-state index in [2.05, 4.69) is 10.3 Å². The Labute approximate surface area is 191 Å². The largest absolute Gasteiger partial charge is 0.462 e. The van der Waals surface area contributed by atoms with E-state index in [-0.39, 0.29) is 24.3 Å². The van der Waals surface area contributed by atoms with Crippen LogP contribution >= 0.6 is 22.7 Å². The Kier molecular flexibility index (Phi) is 5.98. The smallest absolute Gasteiger partial charge is 0.341 e. The lowest BCUT2D eigenvalue weighted by Gasteiger charge is -2.09. The van der Waals surface area contributed by atoms with Crippen molar-refractivity contribution in [2.45, 2.75) is 34.2 Å². The van der Waals surface area contributed by atoms with Crippen molar-refractivity contribution >= 4 is 49.8 Å². The number of fused-ring (bicyclic) bond motifs is 1. The molecule has 1 amide bonds. The van der Waals surface area contributed by atoms with Gasteiger partial charge in [0, 0.05) is 15.8 Å². The third kappa shape index (κ3) is 3.98. The predicted molar refractivity (Wildman–Crippen MR) is 125 cm³/mol. The molecule has 10 heteroatoms. The topological polar surface area (TPSA) is 103 Å². The van der Waals surface area contributed by atoms with Gasteiger partial charge in [-0.25, -0.2) is 9.78 Å². The summed E-state index contributed by atoms with van der Waals surface area (Å²) in [4.78, 5) is 44.3. The average Bonchev–Trinajstić information content (AvgIpc) is 3.42. The zero-order chi connectivity index (χ0) is 23.0. The number of furan rings is 1. The van der Waals surface area contributed by atoms with E-state index >= 15 is 0 Å². The maximum absolute atomic E-state index is 12.9. The summed E-state index contributed by atoms with van der Waals surface area (Å²) < 4.78 is 12.1. The number of esters is 1. The molecule has 0 saturated carbocycles. The molecule has 0 aliphatic rings. The van der Waals surface area contributed by atoms with Crippen molar-refractivity contribution in [2.75, 3.05) is 11.9 Å². The fourth-order valence-electron chi connectivity index (χ4n) is 3.32. The van der Waals surface area contributed by atoms with E-state index < -0.39 is 11.9 Å². The highest BCUT2D eigenvalue weighted by molar-refractivity contribution is 7.18. The number of hydrogen-bond donors (Lipinski definition) is 1. The zero-order valence-electron chi connectivity index (χ0n) is 18.0. The Morgan fingerprint density at radius 3 is 2.72 bits per heavy atom. The number of thiophene rings is 2. The lowest BCUT2D eigenvalue weighted by Crippen LogP contribution is -2.28. The van der Waals surface area contributed by atoms with Crippen LogP contribution in [-0.4, -0.2) is 28.0 Å². The second-order valence-electron chi connectivity index (χ2n) is 7.17. The number of aryl methyl sites for hydroxylation is 3. The van der Waals surface area contributed by atoms with E-state index in [1.54, 1.807) is 24.4 Å². The van der Waals surface area contributed by atoms with Crippen molar-refractivity contribution in [3.63, 3.8) is 0 Å². The number of carbonyl (C=O) groups excluding carboxylic acids is 2. The van der Waals surface area contributed by atoms with Gasteiger partial charge >= 0.3 is 5.97 Å². The Hall–Kier alpha value is -3.24. The van der Waals surface area contributed by atoms with Crippen molar-refractivity contribution in [3.8, 4) is 11.3 Å². The van der Waals surface area contributed by atoms with E-state index in [4.69, 9.17) is 9.15 Å². The number of amides is 1. The van der Waals surface area contributed by atoms with Gasteiger partial charge in [0.25, 0.3) is 5.56 Å². The standard InChI is InChI=1S/C22H21N3O5S2/c1-5-29-22(28)18-14(15-7-6-11(2)30-15)9-31-20(18)24-16(26)8-25-10-23-19-17(21(25)27)12(3)13(4)32-19/h6-7,9-10H,5,8H2,1-4H3,(H,24,26). The summed E-state index contributed by atoms with van der Waals surface area (Å²) in [6.07, 6.45) is 1.37. The molecule has 0 radical (unpaired) electrons. The molecule has 8 nitrogen and oxygen atoms in total. The first-order valence-electron chi connectivity index (χ1n) is 9.90. The van der Waals surface area contributed by atoms with Crippen LogP contribution in [0.15, 0.2) is 33.1 Å². The van der Waals surface area contributed by atoms with Crippen LogP contribution < -0.4 is 10.9 Å². The second-order valence-corrected chi connectivity index (χ2v) is 9.26. The van der Waals surface area contributed by atoms with Crippen LogP contribution in [0.5, 0.6) is 0 Å². The van der Waals surface area contributed by atoms with E-state index in [1.165, 1.54) is 33.6 Å². The Morgan fingerprint density at radius 2 is 2.03 bits per heavy atom. The molecule has 4 rings (SSSR count). The van der Waals surface area contributed by atoms with Crippen LogP contribution in [0.4, 0.5) is 5.00 Å². The first-order valence-corrected chi connectivity index (χ1v) is 11.6. The molecule has 0 aromatic carbocycles. The van der Waals surface area contributed by atoms with Crippen LogP contribution in [0, 0.1) is 20.8 Å². The number of nitrogens with zero attached hydrogens (tertiary/aromatic N) is 2. The Morgan fingerprint density at radius 1 is 1.25 bits per heavy atom. The van der Waals surface area contributed by atoms with Gasteiger partial charge in [0.05, 0.1) is 18.3 Å². The van der Waals surface area contributed by atoms with Crippen molar-refractivity contribution in [3.05, 3.63) is 56.0 Å². The number of nitrogens with one attached hydrogen (secondary N) is 1. The molecule has 0 saturated heterocycles. The van der Waals surface area contributed by atoms with Crippen LogP contribution in [0.1, 0.15) is 33.5 Å². The minimum atomic E-state index is -0.558. The quantitative estimate of drug-likeness (QED) is 0.415. The van der Waals surface area contributed by atoms with Crippen LogP contribution in [0.25, 0.3) is 21.5 Å². The molecule has 4 heterocycles. The maximum Gasteiger partial charge on any atom is 0.341 e. The van der Waals surface area contributed by atoms with Crippen molar-refractivity contribution in [1.29, 1.82) is 0 Å². The molecule has 0 aliphatic carbocycles. The molecule has 1 N–H and O–H groups in total. The van der Waals surface area contributed by atoms with Gasteiger partial charge in [0.2, 0.25) is 5.91 Å². The third-order valence-electron chi connectivity index (χ3n) is 5.00. The average molecular weight is 472 g/mol. The van der Waals surface area contributed by atoms with Crippen LogP contribution in [-0.2, 0) is 16.1 Å². The number of carbonyl (C=O) groups is 2. The van der Waals surface area contributed by atoms with Crippen LogP contribution in [0.2, 0.25) is 0 Å². The molecule has 166 valence electrons. The summed E-state index contributed by atoms with van der Waals surface area (Å²) in [5.74, 6) is 0.203. The van der Waals surface area contributed by atoms with Gasteiger partial charge in [-0.2, -0.15) is 0 Å². The Bertz CT molecular complexity index is 1390. The highest BCUT2D eigenvalue weighted by atomic mass is 32.1. The molecule has 0 bridgehead atoms. The summed E-state index contributed by atoms with van der Waals surface area (Å²) in [5.41, 5.74) is 1.38. The third-order valence-corrected chi connectivity index (χ3v) is 7.01. The SMILES string of the molecule is CCOC(=O)c1c(-c2ccc(C)o2)csc1NC(=O)Cn1cnc2sc(C)c(C)c2c1=O. The van der Waals surface area contributed by atoms with Crippen LogP contribution in [0.3, 0.4) is 0 Å². The summed E-state index contributed by atoms with van der Waals surface area (Å²) in [6.45, 7) is 7.29. The molecule has 0 spiro atoms. The van der Waals surface area contributed by atoms with E-state index in [1.807, 2.05) is 20.8 Å². The van der Waals surface area contributed by atoms with E-state index in [0.717, 1.165) is 10.4 Å². The minimum absolute atomic E-state index is 0.194. The number of aromatic nitrogens is 2. The van der Waals surface area contributed by atoms with Gasteiger partial charge in [-0.05, 0) is 45.4 Å². The van der Waals surface area contributed by atoms with Gasteiger partial charge in [-0.3, -0.25) is 14.2 Å². The van der Waals surface area contributed by atoms with Crippen molar-refractivity contribution in [2.24, 2.45) is 0 Å². The normalized spacial score (nSPS) is 11.1. The number of ether oxygens (including phenoxy) is 1. The summed E-state index contributed by atoms with van der Waals surface area (Å²) in [6, 6.07) is 3.56. The molecule has 0 fully saturated rings. The number of hydrogen-bond acceptors (Lipinski definition) is 8. The van der Waals surface area contributed by atoms with Gasteiger partial charge < -0.3 is 14.5 Å². The lowest BCUT2D eigenvalue weighted by molar-refractivity contribution is -0.116. The van der Waals surface area contributed by atoms with Gasteiger partial charge in [-0.15, -0.1) is 22.7 Å².